The molecule has 1 fully saturated rings. The van der Waals surface area contributed by atoms with E-state index in [1.807, 2.05) is 31.2 Å². The molecule has 0 radical (unpaired) electrons. The molecule has 0 saturated carbocycles. The second-order valence-electron chi connectivity index (χ2n) is 8.17. The largest absolute Gasteiger partial charge is 0.493 e. The zero-order valence-electron chi connectivity index (χ0n) is 20.7. The van der Waals surface area contributed by atoms with Gasteiger partial charge in [-0.15, -0.1) is 0 Å². The molecule has 1 saturated heterocycles. The number of amides is 2. The summed E-state index contributed by atoms with van der Waals surface area (Å²) in [5.41, 5.74) is 0.559. The van der Waals surface area contributed by atoms with E-state index in [0.717, 1.165) is 40.4 Å². The number of hydrogen-bond acceptors (Lipinski definition) is 10. The molecule has 0 aromatic heterocycles. The van der Waals surface area contributed by atoms with Crippen LogP contribution in [0.5, 0.6) is 23.0 Å². The van der Waals surface area contributed by atoms with Gasteiger partial charge in [0.15, 0.2) is 11.5 Å². The number of carbonyl (C=O) groups excluding carboxylic acids is 2. The SMILES string of the molecule is COc1cc(/C=C2\SC(=O)N(CCOc3ccc(C)cc3)C2=O)ccc1Oc1ccc([N+](=O)[O-])cc1[N+](=O)[O-]. The second-order valence-corrected chi connectivity index (χ2v) is 9.17. The van der Waals surface area contributed by atoms with E-state index < -0.39 is 32.4 Å². The van der Waals surface area contributed by atoms with Crippen molar-refractivity contribution in [2.75, 3.05) is 20.3 Å². The highest BCUT2D eigenvalue weighted by Gasteiger charge is 2.35. The standard InChI is InChI=1S/C26H21N3O9S/c1-16-3-7-19(8-4-16)37-12-11-27-25(30)24(39-26(27)31)14-17-5-9-22(23(13-17)36-2)38-21-10-6-18(28(32)33)15-20(21)29(34)35/h3-10,13-15H,11-12H2,1-2H3/b24-14-. The van der Waals surface area contributed by atoms with Crippen LogP contribution in [0.2, 0.25) is 0 Å². The Morgan fingerprint density at radius 3 is 2.31 bits per heavy atom. The zero-order chi connectivity index (χ0) is 28.1. The average Bonchev–Trinajstić information content (AvgIpc) is 3.17. The Labute approximate surface area is 226 Å². The summed E-state index contributed by atoms with van der Waals surface area (Å²) in [6.07, 6.45) is 1.52. The van der Waals surface area contributed by atoms with Gasteiger partial charge in [-0.1, -0.05) is 23.8 Å². The van der Waals surface area contributed by atoms with Crippen LogP contribution in [0.15, 0.2) is 65.6 Å². The average molecular weight is 552 g/mol. The highest BCUT2D eigenvalue weighted by Crippen LogP contribution is 2.39. The van der Waals surface area contributed by atoms with Crippen molar-refractivity contribution in [3.05, 3.63) is 96.9 Å². The number of nitrogens with zero attached hydrogens (tertiary/aromatic N) is 3. The summed E-state index contributed by atoms with van der Waals surface area (Å²) in [7, 11) is 1.36. The Balaban J connectivity index is 1.48. The van der Waals surface area contributed by atoms with Gasteiger partial charge in [0.2, 0.25) is 5.75 Å². The summed E-state index contributed by atoms with van der Waals surface area (Å²) in [6, 6.07) is 15.0. The molecule has 1 heterocycles. The van der Waals surface area contributed by atoms with Crippen LogP contribution < -0.4 is 14.2 Å². The lowest BCUT2D eigenvalue weighted by molar-refractivity contribution is -0.394. The fourth-order valence-corrected chi connectivity index (χ4v) is 4.42. The van der Waals surface area contributed by atoms with Crippen LogP contribution in [0, 0.1) is 27.2 Å². The van der Waals surface area contributed by atoms with E-state index in [9.17, 15) is 29.8 Å². The van der Waals surface area contributed by atoms with Gasteiger partial charge < -0.3 is 14.2 Å². The predicted octanol–water partition coefficient (Wildman–Crippen LogP) is 5.73. The fourth-order valence-electron chi connectivity index (χ4n) is 3.56. The monoisotopic (exact) mass is 551 g/mol. The summed E-state index contributed by atoms with van der Waals surface area (Å²) in [4.78, 5) is 47.4. The molecule has 4 rings (SSSR count). The van der Waals surface area contributed by atoms with Gasteiger partial charge in [-0.2, -0.15) is 0 Å². The smallest absolute Gasteiger partial charge is 0.318 e. The van der Waals surface area contributed by atoms with E-state index in [0.29, 0.717) is 11.3 Å². The van der Waals surface area contributed by atoms with Crippen molar-refractivity contribution in [1.82, 2.24) is 4.90 Å². The van der Waals surface area contributed by atoms with E-state index >= 15 is 0 Å². The second kappa shape index (κ2) is 11.6. The van der Waals surface area contributed by atoms with Gasteiger partial charge in [0.1, 0.15) is 12.4 Å². The Hall–Kier alpha value is -4.91. The number of thioether (sulfide) groups is 1. The van der Waals surface area contributed by atoms with Gasteiger partial charge in [0.05, 0.1) is 34.5 Å². The molecule has 39 heavy (non-hydrogen) atoms. The minimum Gasteiger partial charge on any atom is -0.493 e. The Kier molecular flexibility index (Phi) is 8.10. The Bertz CT molecular complexity index is 1490. The summed E-state index contributed by atoms with van der Waals surface area (Å²) in [5, 5.41) is 22.0. The van der Waals surface area contributed by atoms with Crippen LogP contribution in [0.1, 0.15) is 11.1 Å². The first-order valence-electron chi connectivity index (χ1n) is 11.4. The molecular weight excluding hydrogens is 530 g/mol. The number of non-ortho nitro benzene ring substituents is 1. The summed E-state index contributed by atoms with van der Waals surface area (Å²) >= 11 is 0.795. The van der Waals surface area contributed by atoms with Crippen LogP contribution in [-0.4, -0.2) is 46.2 Å². The van der Waals surface area contributed by atoms with E-state index in [-0.39, 0.29) is 35.3 Å². The molecule has 2 amide bonds. The zero-order valence-corrected chi connectivity index (χ0v) is 21.5. The van der Waals surface area contributed by atoms with Crippen molar-refractivity contribution in [3.63, 3.8) is 0 Å². The Morgan fingerprint density at radius 1 is 0.923 bits per heavy atom. The van der Waals surface area contributed by atoms with E-state index in [1.165, 1.54) is 25.3 Å². The van der Waals surface area contributed by atoms with Crippen molar-refractivity contribution in [1.29, 1.82) is 0 Å². The molecule has 13 heteroatoms. The maximum atomic E-state index is 12.8. The number of ether oxygens (including phenoxy) is 3. The number of methoxy groups -OCH3 is 1. The lowest BCUT2D eigenvalue weighted by atomic mass is 10.1. The number of imide groups is 1. The number of benzene rings is 3. The molecule has 1 aliphatic heterocycles. The van der Waals surface area contributed by atoms with Crippen molar-refractivity contribution in [2.24, 2.45) is 0 Å². The van der Waals surface area contributed by atoms with Gasteiger partial charge >= 0.3 is 5.69 Å². The number of carbonyl (C=O) groups is 2. The third kappa shape index (κ3) is 6.33. The Morgan fingerprint density at radius 2 is 1.64 bits per heavy atom. The van der Waals surface area contributed by atoms with E-state index in [2.05, 4.69) is 0 Å². The highest BCUT2D eigenvalue weighted by molar-refractivity contribution is 8.18. The van der Waals surface area contributed by atoms with Crippen molar-refractivity contribution in [3.8, 4) is 23.0 Å². The van der Waals surface area contributed by atoms with Crippen molar-refractivity contribution >= 4 is 40.4 Å². The molecule has 0 unspecified atom stereocenters. The maximum absolute atomic E-state index is 12.8. The first kappa shape index (κ1) is 27.1. The molecule has 0 atom stereocenters. The maximum Gasteiger partial charge on any atom is 0.318 e. The third-order valence-corrected chi connectivity index (χ3v) is 6.44. The van der Waals surface area contributed by atoms with Crippen LogP contribution in [0.3, 0.4) is 0 Å². The van der Waals surface area contributed by atoms with Crippen molar-refractivity contribution in [2.45, 2.75) is 6.92 Å². The molecule has 12 nitrogen and oxygen atoms in total. The van der Waals surface area contributed by atoms with E-state index in [4.69, 9.17) is 14.2 Å². The topological polar surface area (TPSA) is 151 Å². The lowest BCUT2D eigenvalue weighted by Gasteiger charge is -2.13. The number of rotatable bonds is 10. The first-order chi connectivity index (χ1) is 18.7. The summed E-state index contributed by atoms with van der Waals surface area (Å²) in [6.45, 7) is 2.18. The molecule has 0 spiro atoms. The quantitative estimate of drug-likeness (QED) is 0.174. The highest BCUT2D eigenvalue weighted by atomic mass is 32.2. The molecule has 3 aromatic carbocycles. The van der Waals surface area contributed by atoms with Crippen molar-refractivity contribution < 1.29 is 33.6 Å². The molecule has 3 aromatic rings. The van der Waals surface area contributed by atoms with Gasteiger partial charge in [0, 0.05) is 6.07 Å². The van der Waals surface area contributed by atoms with Crippen LogP contribution in [0.4, 0.5) is 16.2 Å². The lowest BCUT2D eigenvalue weighted by Crippen LogP contribution is -2.32. The molecule has 1 aliphatic rings. The molecular formula is C26H21N3O9S. The van der Waals surface area contributed by atoms with Gasteiger partial charge in [-0.25, -0.2) is 0 Å². The molecule has 0 aliphatic carbocycles. The third-order valence-electron chi connectivity index (χ3n) is 5.53. The molecule has 0 N–H and O–H groups in total. The minimum atomic E-state index is -0.787. The van der Waals surface area contributed by atoms with Crippen LogP contribution in [0.25, 0.3) is 6.08 Å². The number of hydrogen-bond donors (Lipinski definition) is 0. The number of nitro benzene ring substituents is 2. The van der Waals surface area contributed by atoms with Gasteiger partial charge in [-0.05, 0) is 60.7 Å². The van der Waals surface area contributed by atoms with Crippen LogP contribution >= 0.6 is 11.8 Å². The fraction of sp³-hybridized carbons (Fsp3) is 0.154. The number of nitro groups is 2. The van der Waals surface area contributed by atoms with Crippen LogP contribution in [-0.2, 0) is 4.79 Å². The first-order valence-corrected chi connectivity index (χ1v) is 12.2. The molecule has 0 bridgehead atoms. The minimum absolute atomic E-state index is 0.0833. The molecule has 200 valence electrons. The summed E-state index contributed by atoms with van der Waals surface area (Å²) in [5.74, 6) is 0.246. The van der Waals surface area contributed by atoms with Gasteiger partial charge in [0.25, 0.3) is 16.8 Å². The van der Waals surface area contributed by atoms with Gasteiger partial charge in [-0.3, -0.25) is 34.7 Å². The van der Waals surface area contributed by atoms with E-state index in [1.54, 1.807) is 6.07 Å². The predicted molar refractivity (Wildman–Crippen MR) is 142 cm³/mol. The number of aryl methyl sites for hydroxylation is 1. The summed E-state index contributed by atoms with van der Waals surface area (Å²) < 4.78 is 16.6. The normalized spacial score (nSPS) is 14.0.